The third-order valence-electron chi connectivity index (χ3n) is 2.85. The number of benzene rings is 2. The van der Waals surface area contributed by atoms with Crippen molar-refractivity contribution in [3.05, 3.63) is 59.4 Å². The molecule has 0 aliphatic rings. The smallest absolute Gasteiger partial charge is 0.258 e. The number of phenols is 1. The van der Waals surface area contributed by atoms with Crippen LogP contribution < -0.4 is 10.1 Å². The summed E-state index contributed by atoms with van der Waals surface area (Å²) >= 11 is 0. The highest BCUT2D eigenvalue weighted by Crippen LogP contribution is 2.21. The minimum absolute atomic E-state index is 0.177. The molecule has 2 aromatic rings. The number of carbonyl (C=O) groups is 1. The molecule has 5 heteroatoms. The molecule has 2 aromatic carbocycles. The molecule has 1 amide bonds. The lowest BCUT2D eigenvalue weighted by Gasteiger charge is -2.10. The average Bonchev–Trinajstić information content (AvgIpc) is 2.45. The molecule has 4 nitrogen and oxygen atoms in total. The topological polar surface area (TPSA) is 58.6 Å². The Bertz CT molecular complexity index is 608. The SMILES string of the molecule is COc1ccccc1CNC(=O)c1c(O)cccc1F. The maximum Gasteiger partial charge on any atom is 0.258 e. The quantitative estimate of drug-likeness (QED) is 0.901. The minimum atomic E-state index is -0.762. The van der Waals surface area contributed by atoms with Crippen LogP contribution in [0.15, 0.2) is 42.5 Å². The summed E-state index contributed by atoms with van der Waals surface area (Å²) in [6, 6.07) is 10.9. The fourth-order valence-electron chi connectivity index (χ4n) is 1.85. The first-order valence-corrected chi connectivity index (χ1v) is 6.01. The largest absolute Gasteiger partial charge is 0.507 e. The monoisotopic (exact) mass is 275 g/mol. The molecule has 0 saturated heterocycles. The summed E-state index contributed by atoms with van der Waals surface area (Å²) in [6.07, 6.45) is 0. The fourth-order valence-corrected chi connectivity index (χ4v) is 1.85. The van der Waals surface area contributed by atoms with Gasteiger partial charge in [0.15, 0.2) is 0 Å². The van der Waals surface area contributed by atoms with Crippen LogP contribution >= 0.6 is 0 Å². The number of hydrogen-bond acceptors (Lipinski definition) is 3. The molecule has 0 radical (unpaired) electrons. The number of aromatic hydroxyl groups is 1. The summed E-state index contributed by atoms with van der Waals surface area (Å²) < 4.78 is 18.7. The molecule has 0 bridgehead atoms. The Morgan fingerprint density at radius 3 is 2.70 bits per heavy atom. The average molecular weight is 275 g/mol. The third-order valence-corrected chi connectivity index (χ3v) is 2.85. The molecule has 20 heavy (non-hydrogen) atoms. The van der Waals surface area contributed by atoms with E-state index < -0.39 is 11.7 Å². The molecular weight excluding hydrogens is 261 g/mol. The van der Waals surface area contributed by atoms with Crippen LogP contribution in [0.4, 0.5) is 4.39 Å². The molecule has 104 valence electrons. The van der Waals surface area contributed by atoms with Gasteiger partial charge in [0.2, 0.25) is 0 Å². The maximum absolute atomic E-state index is 13.5. The lowest BCUT2D eigenvalue weighted by atomic mass is 10.1. The molecule has 0 saturated carbocycles. The van der Waals surface area contributed by atoms with Crippen molar-refractivity contribution >= 4 is 5.91 Å². The maximum atomic E-state index is 13.5. The summed E-state index contributed by atoms with van der Waals surface area (Å²) in [5, 5.41) is 12.1. The first kappa shape index (κ1) is 13.9. The van der Waals surface area contributed by atoms with Crippen molar-refractivity contribution in [1.29, 1.82) is 0 Å². The van der Waals surface area contributed by atoms with Crippen LogP contribution in [0.1, 0.15) is 15.9 Å². The van der Waals surface area contributed by atoms with E-state index in [9.17, 15) is 14.3 Å². The van der Waals surface area contributed by atoms with Crippen LogP contribution in [-0.4, -0.2) is 18.1 Å². The standard InChI is InChI=1S/C15H14FNO3/c1-20-13-8-3-2-5-10(13)9-17-15(19)14-11(16)6-4-7-12(14)18/h2-8,18H,9H2,1H3,(H,17,19). The van der Waals surface area contributed by atoms with Crippen LogP contribution in [0, 0.1) is 5.82 Å². The Morgan fingerprint density at radius 2 is 2.00 bits per heavy atom. The first-order chi connectivity index (χ1) is 9.63. The second-order valence-corrected chi connectivity index (χ2v) is 4.13. The number of ether oxygens (including phenoxy) is 1. The lowest BCUT2D eigenvalue weighted by molar-refractivity contribution is 0.0943. The van der Waals surface area contributed by atoms with Crippen molar-refractivity contribution in [2.45, 2.75) is 6.54 Å². The van der Waals surface area contributed by atoms with E-state index in [2.05, 4.69) is 5.32 Å². The van der Waals surface area contributed by atoms with E-state index in [4.69, 9.17) is 4.74 Å². The number of para-hydroxylation sites is 1. The predicted octanol–water partition coefficient (Wildman–Crippen LogP) is 2.47. The molecule has 0 fully saturated rings. The number of methoxy groups -OCH3 is 1. The van der Waals surface area contributed by atoms with Gasteiger partial charge in [0.05, 0.1) is 7.11 Å². The van der Waals surface area contributed by atoms with Gasteiger partial charge in [-0.3, -0.25) is 4.79 Å². The van der Waals surface area contributed by atoms with Crippen LogP contribution in [0.2, 0.25) is 0 Å². The van der Waals surface area contributed by atoms with E-state index in [0.29, 0.717) is 5.75 Å². The zero-order valence-electron chi connectivity index (χ0n) is 10.9. The lowest BCUT2D eigenvalue weighted by Crippen LogP contribution is -2.24. The van der Waals surface area contributed by atoms with Crippen LogP contribution in [0.25, 0.3) is 0 Å². The van der Waals surface area contributed by atoms with Crippen molar-refractivity contribution in [1.82, 2.24) is 5.32 Å². The van der Waals surface area contributed by atoms with Crippen molar-refractivity contribution < 1.29 is 19.0 Å². The number of hydrogen-bond donors (Lipinski definition) is 2. The molecule has 0 aliphatic carbocycles. The van der Waals surface area contributed by atoms with E-state index in [1.807, 2.05) is 12.1 Å². The van der Waals surface area contributed by atoms with Crippen molar-refractivity contribution in [2.75, 3.05) is 7.11 Å². The summed E-state index contributed by atoms with van der Waals surface area (Å²) in [7, 11) is 1.53. The number of carbonyl (C=O) groups excluding carboxylic acids is 1. The molecule has 0 spiro atoms. The van der Waals surface area contributed by atoms with Crippen LogP contribution in [0.5, 0.6) is 11.5 Å². The summed E-state index contributed by atoms with van der Waals surface area (Å²) in [4.78, 5) is 11.9. The van der Waals surface area contributed by atoms with Crippen LogP contribution in [0.3, 0.4) is 0 Å². The first-order valence-electron chi connectivity index (χ1n) is 6.01. The predicted molar refractivity (Wildman–Crippen MR) is 72.2 cm³/mol. The fraction of sp³-hybridized carbons (Fsp3) is 0.133. The Hall–Kier alpha value is -2.56. The van der Waals surface area contributed by atoms with Crippen molar-refractivity contribution in [3.63, 3.8) is 0 Å². The van der Waals surface area contributed by atoms with Gasteiger partial charge >= 0.3 is 0 Å². The Kier molecular flexibility index (Phi) is 4.20. The van der Waals surface area contributed by atoms with Crippen molar-refractivity contribution in [3.8, 4) is 11.5 Å². The highest BCUT2D eigenvalue weighted by Gasteiger charge is 2.16. The van der Waals surface area contributed by atoms with E-state index in [-0.39, 0.29) is 17.9 Å². The molecule has 0 aromatic heterocycles. The number of amides is 1. The third kappa shape index (κ3) is 2.88. The zero-order chi connectivity index (χ0) is 14.5. The van der Waals surface area contributed by atoms with Gasteiger partial charge in [-0.05, 0) is 18.2 Å². The molecule has 0 unspecified atom stereocenters. The van der Waals surface area contributed by atoms with Gasteiger partial charge in [-0.25, -0.2) is 4.39 Å². The molecule has 0 atom stereocenters. The Balaban J connectivity index is 2.13. The van der Waals surface area contributed by atoms with Gasteiger partial charge in [0.1, 0.15) is 22.9 Å². The van der Waals surface area contributed by atoms with Gasteiger partial charge in [0.25, 0.3) is 5.91 Å². The molecule has 0 aliphatic heterocycles. The van der Waals surface area contributed by atoms with Gasteiger partial charge in [-0.1, -0.05) is 24.3 Å². The van der Waals surface area contributed by atoms with E-state index in [0.717, 1.165) is 11.6 Å². The number of halogens is 1. The summed E-state index contributed by atoms with van der Waals surface area (Å²) in [6.45, 7) is 0.177. The van der Waals surface area contributed by atoms with Gasteiger partial charge in [0, 0.05) is 12.1 Å². The van der Waals surface area contributed by atoms with E-state index in [1.165, 1.54) is 19.2 Å². The van der Waals surface area contributed by atoms with Gasteiger partial charge < -0.3 is 15.2 Å². The summed E-state index contributed by atoms with van der Waals surface area (Å²) in [5.41, 5.74) is 0.404. The summed E-state index contributed by atoms with van der Waals surface area (Å²) in [5.74, 6) is -1.19. The van der Waals surface area contributed by atoms with Gasteiger partial charge in [-0.2, -0.15) is 0 Å². The Morgan fingerprint density at radius 1 is 1.25 bits per heavy atom. The highest BCUT2D eigenvalue weighted by molar-refractivity contribution is 5.97. The zero-order valence-corrected chi connectivity index (χ0v) is 10.9. The number of nitrogens with one attached hydrogen (secondary N) is 1. The van der Waals surface area contributed by atoms with Crippen LogP contribution in [-0.2, 0) is 6.54 Å². The minimum Gasteiger partial charge on any atom is -0.507 e. The second-order valence-electron chi connectivity index (χ2n) is 4.13. The van der Waals surface area contributed by atoms with E-state index in [1.54, 1.807) is 12.1 Å². The Labute approximate surface area is 115 Å². The van der Waals surface area contributed by atoms with E-state index >= 15 is 0 Å². The van der Waals surface area contributed by atoms with Gasteiger partial charge in [-0.15, -0.1) is 0 Å². The number of rotatable bonds is 4. The molecule has 2 rings (SSSR count). The number of phenolic OH excluding ortho intramolecular Hbond substituents is 1. The van der Waals surface area contributed by atoms with Crippen molar-refractivity contribution in [2.24, 2.45) is 0 Å². The molecule has 0 heterocycles. The molecular formula is C15H14FNO3. The highest BCUT2D eigenvalue weighted by atomic mass is 19.1. The molecule has 2 N–H and O–H groups in total. The second kappa shape index (κ2) is 6.06. The normalized spacial score (nSPS) is 10.1.